The Morgan fingerprint density at radius 3 is 2.78 bits per heavy atom. The molecule has 3 atom stereocenters. The summed E-state index contributed by atoms with van der Waals surface area (Å²) in [5.74, 6) is 1.41. The molecule has 1 aromatic carbocycles. The van der Waals surface area contributed by atoms with Gasteiger partial charge in [0.1, 0.15) is 0 Å². The normalized spacial score (nSPS) is 19.5. The zero-order valence-corrected chi connectivity index (χ0v) is 19.0. The van der Waals surface area contributed by atoms with E-state index in [2.05, 4.69) is 22.1 Å². The number of ether oxygens (including phenoxy) is 2. The Kier molecular flexibility index (Phi) is 11.9. The smallest absolute Gasteiger partial charge is 0.194 e. The van der Waals surface area contributed by atoms with Gasteiger partial charge in [-0.2, -0.15) is 0 Å². The molecule has 1 fully saturated rings. The van der Waals surface area contributed by atoms with Crippen molar-refractivity contribution in [1.29, 1.82) is 0 Å². The summed E-state index contributed by atoms with van der Waals surface area (Å²) < 4.78 is 11.0. The number of hydrogen-bond donors (Lipinski definition) is 2. The second-order valence-electron chi connectivity index (χ2n) is 6.79. The van der Waals surface area contributed by atoms with E-state index in [1.54, 1.807) is 7.11 Å². The van der Waals surface area contributed by atoms with E-state index < -0.39 is 6.10 Å². The van der Waals surface area contributed by atoms with Gasteiger partial charge in [-0.3, -0.25) is 4.99 Å². The van der Waals surface area contributed by atoms with Crippen molar-refractivity contribution in [3.05, 3.63) is 35.9 Å². The first-order valence-corrected chi connectivity index (χ1v) is 9.50. The third-order valence-corrected chi connectivity index (χ3v) is 4.58. The number of halogens is 1. The first-order chi connectivity index (χ1) is 12.6. The summed E-state index contributed by atoms with van der Waals surface area (Å²) in [6.07, 6.45) is 0.446. The van der Waals surface area contributed by atoms with Gasteiger partial charge in [0.15, 0.2) is 5.96 Å². The molecule has 1 aliphatic rings. The quantitative estimate of drug-likeness (QED) is 0.316. The highest BCUT2D eigenvalue weighted by atomic mass is 127. The molecule has 0 radical (unpaired) electrons. The number of benzene rings is 1. The SMILES string of the molecule is CCNC(=NCC(O)COC(C)c1ccccc1)N1CCC(COC)C1.I. The highest BCUT2D eigenvalue weighted by molar-refractivity contribution is 14.0. The van der Waals surface area contributed by atoms with Crippen LogP contribution >= 0.6 is 24.0 Å². The number of aliphatic imine (C=N–C) groups is 1. The van der Waals surface area contributed by atoms with Crippen LogP contribution < -0.4 is 5.32 Å². The zero-order valence-electron chi connectivity index (χ0n) is 16.6. The van der Waals surface area contributed by atoms with Crippen LogP contribution in [0.25, 0.3) is 0 Å². The van der Waals surface area contributed by atoms with Crippen molar-refractivity contribution in [3.63, 3.8) is 0 Å². The lowest BCUT2D eigenvalue weighted by Crippen LogP contribution is -2.41. The fraction of sp³-hybridized carbons (Fsp3) is 0.650. The molecule has 27 heavy (non-hydrogen) atoms. The predicted molar refractivity (Wildman–Crippen MR) is 120 cm³/mol. The van der Waals surface area contributed by atoms with Gasteiger partial charge in [-0.05, 0) is 25.8 Å². The van der Waals surface area contributed by atoms with Gasteiger partial charge >= 0.3 is 0 Å². The number of likely N-dealkylation sites (tertiary alicyclic amines) is 1. The molecule has 3 unspecified atom stereocenters. The Morgan fingerprint density at radius 2 is 2.11 bits per heavy atom. The zero-order chi connectivity index (χ0) is 18.8. The molecule has 0 bridgehead atoms. The molecule has 0 aromatic heterocycles. The van der Waals surface area contributed by atoms with Crippen LogP contribution in [0.15, 0.2) is 35.3 Å². The molecule has 2 rings (SSSR count). The van der Waals surface area contributed by atoms with E-state index in [9.17, 15) is 5.11 Å². The molecule has 1 aromatic rings. The first-order valence-electron chi connectivity index (χ1n) is 9.50. The number of aliphatic hydroxyl groups is 1. The van der Waals surface area contributed by atoms with Crippen molar-refractivity contribution in [1.82, 2.24) is 10.2 Å². The van der Waals surface area contributed by atoms with Crippen LogP contribution in [-0.2, 0) is 9.47 Å². The molecule has 7 heteroatoms. The third kappa shape index (κ3) is 8.33. The molecular weight excluding hydrogens is 457 g/mol. The molecule has 154 valence electrons. The van der Waals surface area contributed by atoms with Crippen LogP contribution in [0.5, 0.6) is 0 Å². The van der Waals surface area contributed by atoms with Crippen molar-refractivity contribution in [3.8, 4) is 0 Å². The van der Waals surface area contributed by atoms with Gasteiger partial charge in [-0.25, -0.2) is 0 Å². The van der Waals surface area contributed by atoms with Gasteiger partial charge in [0.05, 0.1) is 32.0 Å². The highest BCUT2D eigenvalue weighted by Gasteiger charge is 2.24. The second kappa shape index (κ2) is 13.3. The van der Waals surface area contributed by atoms with Crippen LogP contribution in [0.1, 0.15) is 31.9 Å². The lowest BCUT2D eigenvalue weighted by molar-refractivity contribution is 0.00106. The van der Waals surface area contributed by atoms with E-state index in [0.29, 0.717) is 12.5 Å². The number of nitrogens with one attached hydrogen (secondary N) is 1. The van der Waals surface area contributed by atoms with Crippen molar-refractivity contribution in [2.24, 2.45) is 10.9 Å². The molecule has 1 heterocycles. The Morgan fingerprint density at radius 1 is 1.37 bits per heavy atom. The van der Waals surface area contributed by atoms with Gasteiger partial charge in [-0.1, -0.05) is 30.3 Å². The maximum Gasteiger partial charge on any atom is 0.194 e. The van der Waals surface area contributed by atoms with Gasteiger partial charge in [0, 0.05) is 32.7 Å². The molecule has 6 nitrogen and oxygen atoms in total. The Bertz CT molecular complexity index is 545. The topological polar surface area (TPSA) is 66.3 Å². The molecule has 1 aliphatic heterocycles. The van der Waals surface area contributed by atoms with E-state index in [4.69, 9.17) is 9.47 Å². The lowest BCUT2D eigenvalue weighted by atomic mass is 10.1. The van der Waals surface area contributed by atoms with E-state index in [1.807, 2.05) is 37.3 Å². The Hall–Kier alpha value is -0.900. The fourth-order valence-electron chi connectivity index (χ4n) is 3.14. The summed E-state index contributed by atoms with van der Waals surface area (Å²) in [7, 11) is 1.74. The number of hydrogen-bond acceptors (Lipinski definition) is 4. The number of guanidine groups is 1. The molecule has 2 N–H and O–H groups in total. The highest BCUT2D eigenvalue weighted by Crippen LogP contribution is 2.17. The second-order valence-corrected chi connectivity index (χ2v) is 6.79. The summed E-state index contributed by atoms with van der Waals surface area (Å²) in [5.41, 5.74) is 1.11. The maximum atomic E-state index is 10.2. The van der Waals surface area contributed by atoms with Crippen LogP contribution in [0, 0.1) is 5.92 Å². The minimum Gasteiger partial charge on any atom is -0.389 e. The third-order valence-electron chi connectivity index (χ3n) is 4.58. The van der Waals surface area contributed by atoms with Gasteiger partial charge < -0.3 is 24.8 Å². The fourth-order valence-corrected chi connectivity index (χ4v) is 3.14. The summed E-state index contributed by atoms with van der Waals surface area (Å²) >= 11 is 0. The van der Waals surface area contributed by atoms with Crippen LogP contribution in [0.2, 0.25) is 0 Å². The average Bonchev–Trinajstić information content (AvgIpc) is 3.12. The van der Waals surface area contributed by atoms with Gasteiger partial charge in [-0.15, -0.1) is 24.0 Å². The summed E-state index contributed by atoms with van der Waals surface area (Å²) in [5, 5.41) is 13.6. The molecule has 0 amide bonds. The van der Waals surface area contributed by atoms with Gasteiger partial charge in [0.25, 0.3) is 0 Å². The number of nitrogens with zero attached hydrogens (tertiary/aromatic N) is 2. The van der Waals surface area contributed by atoms with E-state index >= 15 is 0 Å². The molecule has 0 saturated carbocycles. The van der Waals surface area contributed by atoms with Gasteiger partial charge in [0.2, 0.25) is 0 Å². The summed E-state index contributed by atoms with van der Waals surface area (Å²) in [6, 6.07) is 10.0. The number of methoxy groups -OCH3 is 1. The van der Waals surface area contributed by atoms with E-state index in [0.717, 1.165) is 44.2 Å². The van der Waals surface area contributed by atoms with Crippen molar-refractivity contribution < 1.29 is 14.6 Å². The van der Waals surface area contributed by atoms with Crippen molar-refractivity contribution in [2.75, 3.05) is 46.5 Å². The number of rotatable bonds is 9. The predicted octanol–water partition coefficient (Wildman–Crippen LogP) is 2.68. The summed E-state index contributed by atoms with van der Waals surface area (Å²) in [4.78, 5) is 6.84. The first kappa shape index (κ1) is 24.1. The molecule has 1 saturated heterocycles. The lowest BCUT2D eigenvalue weighted by Gasteiger charge is -2.22. The standard InChI is InChI=1S/C20H33N3O3.HI/c1-4-21-20(23-11-10-17(13-23)14-25-3)22-12-19(24)15-26-16(2)18-8-6-5-7-9-18;/h5-9,16-17,19,24H,4,10-15H2,1-3H3,(H,21,22);1H. The Balaban J connectivity index is 0.00000364. The van der Waals surface area contributed by atoms with Crippen molar-refractivity contribution in [2.45, 2.75) is 32.5 Å². The van der Waals surface area contributed by atoms with Crippen LogP contribution in [-0.4, -0.2) is 68.6 Å². The van der Waals surface area contributed by atoms with Crippen LogP contribution in [0.4, 0.5) is 0 Å². The van der Waals surface area contributed by atoms with E-state index in [-0.39, 0.29) is 36.7 Å². The summed E-state index contributed by atoms with van der Waals surface area (Å²) in [6.45, 7) is 8.15. The molecule has 0 spiro atoms. The average molecular weight is 491 g/mol. The Labute approximate surface area is 180 Å². The van der Waals surface area contributed by atoms with Crippen LogP contribution in [0.3, 0.4) is 0 Å². The number of aliphatic hydroxyl groups excluding tert-OH is 1. The largest absolute Gasteiger partial charge is 0.389 e. The minimum absolute atomic E-state index is 0. The monoisotopic (exact) mass is 491 g/mol. The van der Waals surface area contributed by atoms with Crippen molar-refractivity contribution >= 4 is 29.9 Å². The molecule has 0 aliphatic carbocycles. The maximum absolute atomic E-state index is 10.2. The minimum atomic E-state index is -0.618. The van der Waals surface area contributed by atoms with E-state index in [1.165, 1.54) is 0 Å². The molecular formula is C20H34IN3O3.